The third-order valence-corrected chi connectivity index (χ3v) is 7.27. The average molecular weight is 511 g/mol. The molecule has 2 aliphatic rings. The molecular formula is C29H31ClO6. The van der Waals surface area contributed by atoms with Crippen molar-refractivity contribution in [3.8, 4) is 11.5 Å². The molecule has 6 nitrogen and oxygen atoms in total. The Morgan fingerprint density at radius 2 is 1.83 bits per heavy atom. The second kappa shape index (κ2) is 10.8. The van der Waals surface area contributed by atoms with Crippen LogP contribution in [0.1, 0.15) is 40.3 Å². The third kappa shape index (κ3) is 5.53. The van der Waals surface area contributed by atoms with Gasteiger partial charge in [0, 0.05) is 17.9 Å². The zero-order valence-electron chi connectivity index (χ0n) is 20.1. The second-order valence-corrected chi connectivity index (χ2v) is 10.1. The molecular weight excluding hydrogens is 480 g/mol. The van der Waals surface area contributed by atoms with Gasteiger partial charge in [0.25, 0.3) is 0 Å². The number of aliphatic hydroxyl groups excluding tert-OH is 3. The fraction of sp³-hybridized carbons (Fsp3) is 0.379. The Balaban J connectivity index is 1.20. The first kappa shape index (κ1) is 25.1. The van der Waals surface area contributed by atoms with Crippen LogP contribution in [0.2, 0.25) is 5.02 Å². The highest BCUT2D eigenvalue weighted by Gasteiger charge is 2.37. The molecule has 1 unspecified atom stereocenters. The number of benzene rings is 3. The number of fused-ring (bicyclic) bond motifs is 1. The van der Waals surface area contributed by atoms with E-state index in [-0.39, 0.29) is 19.1 Å². The molecule has 0 spiro atoms. The van der Waals surface area contributed by atoms with Gasteiger partial charge in [-0.2, -0.15) is 0 Å². The highest BCUT2D eigenvalue weighted by atomic mass is 35.5. The Morgan fingerprint density at radius 1 is 1.03 bits per heavy atom. The normalized spacial score (nSPS) is 25.3. The maximum Gasteiger partial charge on any atom is 0.137 e. The Morgan fingerprint density at radius 3 is 2.61 bits per heavy atom. The molecule has 2 aliphatic heterocycles. The monoisotopic (exact) mass is 510 g/mol. The smallest absolute Gasteiger partial charge is 0.137 e. The molecule has 2 heterocycles. The molecule has 1 fully saturated rings. The third-order valence-electron chi connectivity index (χ3n) is 6.90. The summed E-state index contributed by atoms with van der Waals surface area (Å²) in [5, 5.41) is 30.3. The molecule has 190 valence electrons. The lowest BCUT2D eigenvalue weighted by Crippen LogP contribution is -2.47. The van der Waals surface area contributed by atoms with Gasteiger partial charge in [0.1, 0.15) is 36.4 Å². The van der Waals surface area contributed by atoms with E-state index in [0.717, 1.165) is 34.6 Å². The molecule has 0 saturated carbocycles. The van der Waals surface area contributed by atoms with E-state index < -0.39 is 24.4 Å². The summed E-state index contributed by atoms with van der Waals surface area (Å²) < 4.78 is 17.8. The summed E-state index contributed by atoms with van der Waals surface area (Å²) >= 11 is 6.49. The van der Waals surface area contributed by atoms with E-state index >= 15 is 0 Å². The van der Waals surface area contributed by atoms with Crippen LogP contribution in [0.25, 0.3) is 0 Å². The van der Waals surface area contributed by atoms with Crippen LogP contribution in [0.5, 0.6) is 11.5 Å². The fourth-order valence-electron chi connectivity index (χ4n) is 4.90. The predicted molar refractivity (Wildman–Crippen MR) is 137 cm³/mol. The summed E-state index contributed by atoms with van der Waals surface area (Å²) in [5.74, 6) is 1.73. The van der Waals surface area contributed by atoms with Crippen molar-refractivity contribution in [2.24, 2.45) is 0 Å². The summed E-state index contributed by atoms with van der Waals surface area (Å²) in [6.07, 6.45) is -1.58. The topological polar surface area (TPSA) is 88.4 Å². The van der Waals surface area contributed by atoms with Crippen LogP contribution in [0.3, 0.4) is 0 Å². The molecule has 0 radical (unpaired) electrons. The van der Waals surface area contributed by atoms with E-state index in [1.165, 1.54) is 11.1 Å². The van der Waals surface area contributed by atoms with Gasteiger partial charge in [-0.25, -0.2) is 0 Å². The summed E-state index contributed by atoms with van der Waals surface area (Å²) in [5.41, 5.74) is 5.33. The lowest BCUT2D eigenvalue weighted by Gasteiger charge is -2.36. The van der Waals surface area contributed by atoms with Crippen LogP contribution in [-0.2, 0) is 17.6 Å². The van der Waals surface area contributed by atoms with Gasteiger partial charge in [0.2, 0.25) is 0 Å². The Bertz CT molecular complexity index is 1200. The lowest BCUT2D eigenvalue weighted by atomic mass is 9.92. The van der Waals surface area contributed by atoms with Crippen LogP contribution < -0.4 is 9.47 Å². The van der Waals surface area contributed by atoms with Crippen molar-refractivity contribution in [1.82, 2.24) is 0 Å². The van der Waals surface area contributed by atoms with Crippen molar-refractivity contribution in [2.75, 3.05) is 13.2 Å². The molecule has 3 N–H and O–H groups in total. The van der Waals surface area contributed by atoms with Crippen LogP contribution in [-0.4, -0.2) is 52.9 Å². The summed E-state index contributed by atoms with van der Waals surface area (Å²) in [7, 11) is 0. The minimum absolute atomic E-state index is 0.00934. The summed E-state index contributed by atoms with van der Waals surface area (Å²) in [4.78, 5) is 0. The maximum atomic E-state index is 10.2. The Kier molecular flexibility index (Phi) is 7.51. The zero-order valence-corrected chi connectivity index (χ0v) is 20.9. The number of hydrogen-bond donors (Lipinski definition) is 3. The van der Waals surface area contributed by atoms with Crippen LogP contribution in [0, 0.1) is 6.92 Å². The van der Waals surface area contributed by atoms with Gasteiger partial charge in [-0.1, -0.05) is 53.6 Å². The first-order valence-corrected chi connectivity index (χ1v) is 12.7. The molecule has 5 rings (SSSR count). The minimum Gasteiger partial charge on any atom is -0.490 e. The molecule has 3 aromatic rings. The van der Waals surface area contributed by atoms with Crippen molar-refractivity contribution in [1.29, 1.82) is 0 Å². The van der Waals surface area contributed by atoms with Crippen molar-refractivity contribution < 1.29 is 29.5 Å². The number of aryl methyl sites for hydroxylation is 1. The molecule has 7 heteroatoms. The van der Waals surface area contributed by atoms with Crippen molar-refractivity contribution in [3.63, 3.8) is 0 Å². The Labute approximate surface area is 216 Å². The molecule has 0 bridgehead atoms. The molecule has 0 aromatic heterocycles. The highest BCUT2D eigenvalue weighted by molar-refractivity contribution is 6.31. The molecule has 0 amide bonds. The van der Waals surface area contributed by atoms with Gasteiger partial charge >= 0.3 is 0 Å². The molecule has 0 aliphatic carbocycles. The van der Waals surface area contributed by atoms with Crippen LogP contribution >= 0.6 is 11.6 Å². The highest BCUT2D eigenvalue weighted by Crippen LogP contribution is 2.34. The predicted octanol–water partition coefficient (Wildman–Crippen LogP) is 4.17. The first-order chi connectivity index (χ1) is 17.4. The minimum atomic E-state index is -1.10. The Hall–Kier alpha value is -2.61. The standard InChI is InChI=1S/C29H31ClO6/c1-17-2-9-26-21(10-17)13-23(35-26)16-34-22-6-3-18(4-7-22)11-20-12-19(5-8-24(20)30)27-14-25(32)29(33)28(15-31)36-27/h2-10,12,23,25,27-29,31-33H,11,13-16H2,1H3/t23?,25-,27-,28-,29+/m1/s1. The molecule has 1 saturated heterocycles. The van der Waals surface area contributed by atoms with Crippen molar-refractivity contribution in [3.05, 3.63) is 93.5 Å². The van der Waals surface area contributed by atoms with E-state index in [1.807, 2.05) is 48.5 Å². The lowest BCUT2D eigenvalue weighted by molar-refractivity contribution is -0.181. The fourth-order valence-corrected chi connectivity index (χ4v) is 5.09. The number of ether oxygens (including phenoxy) is 3. The van der Waals surface area contributed by atoms with Gasteiger partial charge in [-0.05, 0) is 59.9 Å². The molecule has 36 heavy (non-hydrogen) atoms. The summed E-state index contributed by atoms with van der Waals surface area (Å²) in [6.45, 7) is 2.21. The van der Waals surface area contributed by atoms with Gasteiger partial charge < -0.3 is 29.5 Å². The molecule has 5 atom stereocenters. The van der Waals surface area contributed by atoms with E-state index in [4.69, 9.17) is 25.8 Å². The number of aliphatic hydroxyl groups is 3. The van der Waals surface area contributed by atoms with E-state index in [1.54, 1.807) is 0 Å². The van der Waals surface area contributed by atoms with E-state index in [2.05, 4.69) is 19.1 Å². The van der Waals surface area contributed by atoms with Gasteiger partial charge in [-0.3, -0.25) is 0 Å². The van der Waals surface area contributed by atoms with E-state index in [9.17, 15) is 15.3 Å². The van der Waals surface area contributed by atoms with Crippen molar-refractivity contribution in [2.45, 2.75) is 56.7 Å². The SMILES string of the molecule is Cc1ccc2c(c1)CC(COc1ccc(Cc3cc([C@H]4C[C@@H](O)[C@H](O)[C@@H](CO)O4)ccc3Cl)cc1)O2. The van der Waals surface area contributed by atoms with Gasteiger partial charge in [0.15, 0.2) is 0 Å². The first-order valence-electron chi connectivity index (χ1n) is 12.3. The van der Waals surface area contributed by atoms with E-state index in [0.29, 0.717) is 18.1 Å². The quantitative estimate of drug-likeness (QED) is 0.442. The summed E-state index contributed by atoms with van der Waals surface area (Å²) in [6, 6.07) is 19.8. The second-order valence-electron chi connectivity index (χ2n) is 9.68. The zero-order chi connectivity index (χ0) is 25.2. The molecule has 3 aromatic carbocycles. The van der Waals surface area contributed by atoms with Crippen molar-refractivity contribution >= 4 is 11.6 Å². The van der Waals surface area contributed by atoms with Crippen LogP contribution in [0.4, 0.5) is 0 Å². The number of rotatable bonds is 7. The maximum absolute atomic E-state index is 10.2. The number of hydrogen-bond acceptors (Lipinski definition) is 6. The van der Waals surface area contributed by atoms with Crippen LogP contribution in [0.15, 0.2) is 60.7 Å². The average Bonchev–Trinajstić information content (AvgIpc) is 3.28. The largest absolute Gasteiger partial charge is 0.490 e. The number of halogens is 1. The van der Waals surface area contributed by atoms with Gasteiger partial charge in [0.05, 0.1) is 18.8 Å². The van der Waals surface area contributed by atoms with Gasteiger partial charge in [-0.15, -0.1) is 0 Å².